The number of nitrogens with one attached hydrogen (secondary N) is 1. The molecule has 0 aromatic heterocycles. The van der Waals surface area contributed by atoms with E-state index in [2.05, 4.69) is 4.72 Å². The van der Waals surface area contributed by atoms with Gasteiger partial charge in [0.1, 0.15) is 0 Å². The molecule has 1 unspecified atom stereocenters. The lowest BCUT2D eigenvalue weighted by molar-refractivity contribution is 0.114. The third kappa shape index (κ3) is 3.20. The fraction of sp³-hybridized carbons (Fsp3) is 0.500. The van der Waals surface area contributed by atoms with Gasteiger partial charge in [0.05, 0.1) is 23.8 Å². The number of benzene rings is 1. The standard InChI is InChI=1S/C12H17FN2O4S/c1-18-12-10(13)5-9(6-11(12)14)20(16,17)15-7-8-3-2-4-19-8/h5-6,8,15H,2-4,7,14H2,1H3. The Morgan fingerprint density at radius 1 is 1.55 bits per heavy atom. The summed E-state index contributed by atoms with van der Waals surface area (Å²) in [5.74, 6) is -0.979. The molecule has 1 aromatic rings. The largest absolute Gasteiger partial charge is 0.492 e. The van der Waals surface area contributed by atoms with E-state index in [0.29, 0.717) is 6.61 Å². The van der Waals surface area contributed by atoms with E-state index in [-0.39, 0.29) is 29.0 Å². The topological polar surface area (TPSA) is 90.7 Å². The average molecular weight is 304 g/mol. The monoisotopic (exact) mass is 304 g/mol. The van der Waals surface area contributed by atoms with E-state index in [4.69, 9.17) is 15.2 Å². The normalized spacial score (nSPS) is 19.2. The second kappa shape index (κ2) is 5.94. The highest BCUT2D eigenvalue weighted by molar-refractivity contribution is 7.89. The van der Waals surface area contributed by atoms with Crippen molar-refractivity contribution in [3.63, 3.8) is 0 Å². The molecular formula is C12H17FN2O4S. The van der Waals surface area contributed by atoms with Crippen molar-refractivity contribution in [2.45, 2.75) is 23.8 Å². The molecule has 1 aromatic carbocycles. The molecule has 1 saturated heterocycles. The lowest BCUT2D eigenvalue weighted by atomic mass is 10.2. The van der Waals surface area contributed by atoms with Crippen LogP contribution in [0.3, 0.4) is 0 Å². The molecule has 1 fully saturated rings. The molecule has 0 saturated carbocycles. The third-order valence-corrected chi connectivity index (χ3v) is 4.49. The van der Waals surface area contributed by atoms with Gasteiger partial charge in [-0.3, -0.25) is 0 Å². The van der Waals surface area contributed by atoms with Crippen molar-refractivity contribution in [3.8, 4) is 5.75 Å². The van der Waals surface area contributed by atoms with Crippen LogP contribution in [0.2, 0.25) is 0 Å². The molecule has 1 aliphatic rings. The van der Waals surface area contributed by atoms with Gasteiger partial charge < -0.3 is 15.2 Å². The highest BCUT2D eigenvalue weighted by atomic mass is 32.2. The van der Waals surface area contributed by atoms with Crippen molar-refractivity contribution in [1.29, 1.82) is 0 Å². The summed E-state index contributed by atoms with van der Waals surface area (Å²) in [5, 5.41) is 0. The van der Waals surface area contributed by atoms with Crippen LogP contribution < -0.4 is 15.2 Å². The SMILES string of the molecule is COc1c(N)cc(S(=O)(=O)NCC2CCCO2)cc1F. The second-order valence-corrected chi connectivity index (χ2v) is 6.28. The molecule has 0 radical (unpaired) electrons. The van der Waals surface area contributed by atoms with Crippen LogP contribution in [0.4, 0.5) is 10.1 Å². The summed E-state index contributed by atoms with van der Waals surface area (Å²) < 4.78 is 50.3. The Morgan fingerprint density at radius 3 is 2.85 bits per heavy atom. The van der Waals surface area contributed by atoms with Crippen LogP contribution in [-0.2, 0) is 14.8 Å². The van der Waals surface area contributed by atoms with Crippen molar-refractivity contribution in [1.82, 2.24) is 4.72 Å². The predicted molar refractivity (Wildman–Crippen MR) is 71.5 cm³/mol. The maximum absolute atomic E-state index is 13.7. The number of ether oxygens (including phenoxy) is 2. The molecule has 0 amide bonds. The van der Waals surface area contributed by atoms with Crippen LogP contribution >= 0.6 is 0 Å². The lowest BCUT2D eigenvalue weighted by Gasteiger charge is -2.13. The van der Waals surface area contributed by atoms with Crippen molar-refractivity contribution in [2.24, 2.45) is 0 Å². The van der Waals surface area contributed by atoms with Crippen LogP contribution in [0.25, 0.3) is 0 Å². The van der Waals surface area contributed by atoms with Gasteiger partial charge in [-0.15, -0.1) is 0 Å². The van der Waals surface area contributed by atoms with Gasteiger partial charge in [-0.25, -0.2) is 17.5 Å². The molecule has 0 bridgehead atoms. The number of methoxy groups -OCH3 is 1. The first kappa shape index (κ1) is 15.0. The summed E-state index contributed by atoms with van der Waals surface area (Å²) in [6, 6.07) is 2.05. The molecule has 8 heteroatoms. The van der Waals surface area contributed by atoms with Gasteiger partial charge >= 0.3 is 0 Å². The molecule has 1 heterocycles. The Kier molecular flexibility index (Phi) is 4.46. The minimum atomic E-state index is -3.82. The Labute approximate surface area is 117 Å². The highest BCUT2D eigenvalue weighted by Crippen LogP contribution is 2.28. The number of hydrogen-bond donors (Lipinski definition) is 2. The highest BCUT2D eigenvalue weighted by Gasteiger charge is 2.22. The van der Waals surface area contributed by atoms with E-state index in [1.165, 1.54) is 13.2 Å². The fourth-order valence-corrected chi connectivity index (χ4v) is 3.16. The number of sulfonamides is 1. The summed E-state index contributed by atoms with van der Waals surface area (Å²) in [5.41, 5.74) is 5.50. The number of rotatable bonds is 5. The zero-order valence-electron chi connectivity index (χ0n) is 11.1. The number of halogens is 1. The first-order valence-electron chi connectivity index (χ1n) is 6.18. The van der Waals surface area contributed by atoms with Gasteiger partial charge in [0, 0.05) is 13.2 Å². The van der Waals surface area contributed by atoms with Crippen LogP contribution in [0.15, 0.2) is 17.0 Å². The van der Waals surface area contributed by atoms with E-state index >= 15 is 0 Å². The van der Waals surface area contributed by atoms with E-state index < -0.39 is 15.8 Å². The van der Waals surface area contributed by atoms with Crippen molar-refractivity contribution in [2.75, 3.05) is 26.0 Å². The summed E-state index contributed by atoms with van der Waals surface area (Å²) in [6.07, 6.45) is 1.59. The quantitative estimate of drug-likeness (QED) is 0.788. The van der Waals surface area contributed by atoms with Crippen LogP contribution in [0.1, 0.15) is 12.8 Å². The molecule has 0 aliphatic carbocycles. The van der Waals surface area contributed by atoms with E-state index in [1.807, 2.05) is 0 Å². The summed E-state index contributed by atoms with van der Waals surface area (Å²) in [6.45, 7) is 0.798. The number of anilines is 1. The Balaban J connectivity index is 2.16. The number of hydrogen-bond acceptors (Lipinski definition) is 5. The Hall–Kier alpha value is -1.38. The first-order chi connectivity index (χ1) is 9.44. The van der Waals surface area contributed by atoms with Crippen molar-refractivity contribution in [3.05, 3.63) is 17.9 Å². The van der Waals surface area contributed by atoms with E-state index in [0.717, 1.165) is 18.9 Å². The molecule has 112 valence electrons. The number of nitrogens with two attached hydrogens (primary N) is 1. The van der Waals surface area contributed by atoms with Gasteiger partial charge in [0.15, 0.2) is 11.6 Å². The van der Waals surface area contributed by atoms with E-state index in [9.17, 15) is 12.8 Å². The van der Waals surface area contributed by atoms with E-state index in [1.54, 1.807) is 0 Å². The second-order valence-electron chi connectivity index (χ2n) is 4.51. The molecule has 2 rings (SSSR count). The van der Waals surface area contributed by atoms with Crippen LogP contribution in [0.5, 0.6) is 5.75 Å². The molecule has 3 N–H and O–H groups in total. The minimum absolute atomic E-state index is 0.0648. The summed E-state index contributed by atoms with van der Waals surface area (Å²) in [7, 11) is -2.56. The minimum Gasteiger partial charge on any atom is -0.492 e. The average Bonchev–Trinajstić information content (AvgIpc) is 2.89. The summed E-state index contributed by atoms with van der Waals surface area (Å²) >= 11 is 0. The molecule has 0 spiro atoms. The molecule has 1 atom stereocenters. The summed E-state index contributed by atoms with van der Waals surface area (Å²) in [4.78, 5) is -0.230. The van der Waals surface area contributed by atoms with Gasteiger partial charge in [0.25, 0.3) is 0 Å². The van der Waals surface area contributed by atoms with Gasteiger partial charge in [0.2, 0.25) is 10.0 Å². The predicted octanol–water partition coefficient (Wildman–Crippen LogP) is 0.874. The maximum atomic E-state index is 13.7. The van der Waals surface area contributed by atoms with Crippen LogP contribution in [0, 0.1) is 5.82 Å². The molecule has 6 nitrogen and oxygen atoms in total. The molecule has 1 aliphatic heterocycles. The van der Waals surface area contributed by atoms with Crippen LogP contribution in [-0.4, -0.2) is 34.8 Å². The Morgan fingerprint density at radius 2 is 2.30 bits per heavy atom. The van der Waals surface area contributed by atoms with Gasteiger partial charge in [-0.05, 0) is 25.0 Å². The maximum Gasteiger partial charge on any atom is 0.240 e. The molecular weight excluding hydrogens is 287 g/mol. The zero-order chi connectivity index (χ0) is 14.8. The Bertz CT molecular complexity index is 562. The third-order valence-electron chi connectivity index (χ3n) is 3.09. The van der Waals surface area contributed by atoms with Gasteiger partial charge in [-0.2, -0.15) is 0 Å². The van der Waals surface area contributed by atoms with Crippen molar-refractivity contribution < 1.29 is 22.3 Å². The van der Waals surface area contributed by atoms with Gasteiger partial charge in [-0.1, -0.05) is 0 Å². The molecule has 20 heavy (non-hydrogen) atoms. The lowest BCUT2D eigenvalue weighted by Crippen LogP contribution is -2.32. The fourth-order valence-electron chi connectivity index (χ4n) is 2.05. The number of nitrogen functional groups attached to an aromatic ring is 1. The van der Waals surface area contributed by atoms with Crippen molar-refractivity contribution >= 4 is 15.7 Å². The smallest absolute Gasteiger partial charge is 0.240 e. The first-order valence-corrected chi connectivity index (χ1v) is 7.66. The zero-order valence-corrected chi connectivity index (χ0v) is 11.9.